The maximum Gasteiger partial charge on any atom is 0.0931 e. The molecule has 0 radical (unpaired) electrons. The van der Waals surface area contributed by atoms with Crippen molar-refractivity contribution >= 4 is 22.9 Å². The van der Waals surface area contributed by atoms with Crippen LogP contribution in [0.5, 0.6) is 0 Å². The van der Waals surface area contributed by atoms with Crippen LogP contribution in [0.4, 0.5) is 0 Å². The summed E-state index contributed by atoms with van der Waals surface area (Å²) in [5.41, 5.74) is 5.99. The van der Waals surface area contributed by atoms with Gasteiger partial charge in [-0.05, 0) is 56.2 Å². The number of likely N-dealkylation sites (N-methyl/N-ethyl adjacent to an activating group) is 1. The van der Waals surface area contributed by atoms with Crippen molar-refractivity contribution in [3.05, 3.63) is 21.3 Å². The Labute approximate surface area is 124 Å². The standard InChI is InChI=1S/C15H23ClN2S/c1-18(9-12-7-10-2-3-11(12)6-10)13(8-17)14-4-5-15(16)19-14/h4-5,10-13H,2-3,6-9,17H2,1H3. The van der Waals surface area contributed by atoms with Crippen LogP contribution in [0.15, 0.2) is 12.1 Å². The fourth-order valence-corrected chi connectivity index (χ4v) is 5.36. The molecule has 2 bridgehead atoms. The maximum atomic E-state index is 6.05. The Morgan fingerprint density at radius 3 is 2.79 bits per heavy atom. The lowest BCUT2D eigenvalue weighted by atomic mass is 9.88. The van der Waals surface area contributed by atoms with Crippen molar-refractivity contribution in [1.29, 1.82) is 0 Å². The third-order valence-electron chi connectivity index (χ3n) is 5.08. The van der Waals surface area contributed by atoms with Gasteiger partial charge in [0.2, 0.25) is 0 Å². The van der Waals surface area contributed by atoms with Gasteiger partial charge in [0.25, 0.3) is 0 Å². The van der Waals surface area contributed by atoms with E-state index in [1.165, 1.54) is 37.1 Å². The van der Waals surface area contributed by atoms with Crippen molar-refractivity contribution < 1.29 is 0 Å². The molecule has 2 aliphatic rings. The van der Waals surface area contributed by atoms with Gasteiger partial charge in [-0.15, -0.1) is 11.3 Å². The average molecular weight is 299 g/mol. The van der Waals surface area contributed by atoms with Crippen LogP contribution in [0.1, 0.15) is 36.6 Å². The number of nitrogens with two attached hydrogens (primary N) is 1. The zero-order valence-electron chi connectivity index (χ0n) is 11.5. The zero-order chi connectivity index (χ0) is 13.4. The monoisotopic (exact) mass is 298 g/mol. The molecule has 2 nitrogen and oxygen atoms in total. The van der Waals surface area contributed by atoms with Crippen molar-refractivity contribution in [2.45, 2.75) is 31.7 Å². The van der Waals surface area contributed by atoms with Gasteiger partial charge in [0.15, 0.2) is 0 Å². The summed E-state index contributed by atoms with van der Waals surface area (Å²) in [6, 6.07) is 4.44. The average Bonchev–Trinajstić information content (AvgIpc) is 3.07. The van der Waals surface area contributed by atoms with E-state index in [-0.39, 0.29) is 0 Å². The number of thiophene rings is 1. The van der Waals surface area contributed by atoms with E-state index in [0.717, 1.165) is 22.1 Å². The molecule has 0 saturated heterocycles. The number of hydrogen-bond donors (Lipinski definition) is 1. The van der Waals surface area contributed by atoms with Gasteiger partial charge in [0.05, 0.1) is 10.4 Å². The lowest BCUT2D eigenvalue weighted by molar-refractivity contribution is 0.178. The van der Waals surface area contributed by atoms with Crippen LogP contribution in [0, 0.1) is 17.8 Å². The molecule has 4 unspecified atom stereocenters. The molecular weight excluding hydrogens is 276 g/mol. The first-order valence-corrected chi connectivity index (χ1v) is 8.52. The van der Waals surface area contributed by atoms with Crippen LogP contribution >= 0.6 is 22.9 Å². The molecule has 2 fully saturated rings. The normalized spacial score (nSPS) is 31.3. The minimum absolute atomic E-state index is 0.330. The van der Waals surface area contributed by atoms with E-state index in [2.05, 4.69) is 18.0 Å². The minimum atomic E-state index is 0.330. The number of nitrogens with zero attached hydrogens (tertiary/aromatic N) is 1. The second kappa shape index (κ2) is 5.72. The van der Waals surface area contributed by atoms with E-state index >= 15 is 0 Å². The van der Waals surface area contributed by atoms with E-state index < -0.39 is 0 Å². The lowest BCUT2D eigenvalue weighted by Crippen LogP contribution is -2.35. The van der Waals surface area contributed by atoms with Crippen LogP contribution in [-0.2, 0) is 0 Å². The van der Waals surface area contributed by atoms with Crippen LogP contribution in [0.2, 0.25) is 4.34 Å². The largest absolute Gasteiger partial charge is 0.329 e. The van der Waals surface area contributed by atoms with Crippen LogP contribution < -0.4 is 5.73 Å². The fraction of sp³-hybridized carbons (Fsp3) is 0.733. The Balaban J connectivity index is 1.63. The first-order chi connectivity index (χ1) is 9.17. The molecule has 3 rings (SSSR count). The second-order valence-electron chi connectivity index (χ2n) is 6.27. The van der Waals surface area contributed by atoms with E-state index in [1.807, 2.05) is 6.07 Å². The SMILES string of the molecule is CN(CC1CC2CCC1C2)C(CN)c1ccc(Cl)s1. The van der Waals surface area contributed by atoms with Crippen molar-refractivity contribution in [2.75, 3.05) is 20.1 Å². The summed E-state index contributed by atoms with van der Waals surface area (Å²) >= 11 is 7.71. The van der Waals surface area contributed by atoms with E-state index in [1.54, 1.807) is 11.3 Å². The lowest BCUT2D eigenvalue weighted by Gasteiger charge is -2.32. The summed E-state index contributed by atoms with van der Waals surface area (Å²) in [6.07, 6.45) is 5.86. The first kappa shape index (κ1) is 13.9. The van der Waals surface area contributed by atoms with Crippen molar-refractivity contribution in [3.63, 3.8) is 0 Å². The highest BCUT2D eigenvalue weighted by atomic mass is 35.5. The van der Waals surface area contributed by atoms with Gasteiger partial charge in [-0.2, -0.15) is 0 Å². The van der Waals surface area contributed by atoms with Crippen molar-refractivity contribution in [2.24, 2.45) is 23.5 Å². The molecule has 19 heavy (non-hydrogen) atoms. The molecule has 0 aliphatic heterocycles. The molecule has 4 atom stereocenters. The van der Waals surface area contributed by atoms with Crippen molar-refractivity contribution in [3.8, 4) is 0 Å². The highest BCUT2D eigenvalue weighted by Crippen LogP contribution is 2.48. The predicted octanol–water partition coefficient (Wildman–Crippen LogP) is 3.77. The fourth-order valence-electron chi connectivity index (χ4n) is 4.12. The molecule has 2 aliphatic carbocycles. The summed E-state index contributed by atoms with van der Waals surface area (Å²) in [7, 11) is 2.22. The molecule has 2 saturated carbocycles. The summed E-state index contributed by atoms with van der Waals surface area (Å²) in [4.78, 5) is 3.76. The van der Waals surface area contributed by atoms with E-state index in [0.29, 0.717) is 12.6 Å². The topological polar surface area (TPSA) is 29.3 Å². The number of halogens is 1. The second-order valence-corrected chi connectivity index (χ2v) is 8.01. The Morgan fingerprint density at radius 1 is 1.42 bits per heavy atom. The molecular formula is C15H23ClN2S. The number of fused-ring (bicyclic) bond motifs is 2. The third kappa shape index (κ3) is 2.85. The number of rotatable bonds is 5. The predicted molar refractivity (Wildman–Crippen MR) is 82.7 cm³/mol. The van der Waals surface area contributed by atoms with Crippen LogP contribution in [0.3, 0.4) is 0 Å². The van der Waals surface area contributed by atoms with Crippen LogP contribution in [0.25, 0.3) is 0 Å². The molecule has 0 spiro atoms. The Bertz CT molecular complexity index is 434. The molecule has 2 N–H and O–H groups in total. The number of hydrogen-bond acceptors (Lipinski definition) is 3. The van der Waals surface area contributed by atoms with Gasteiger partial charge in [0.1, 0.15) is 0 Å². The van der Waals surface area contributed by atoms with Gasteiger partial charge in [-0.1, -0.05) is 18.0 Å². The summed E-state index contributed by atoms with van der Waals surface area (Å²) in [6.45, 7) is 1.87. The molecule has 1 heterocycles. The molecule has 1 aromatic heterocycles. The Hall–Kier alpha value is -0.0900. The molecule has 106 valence electrons. The Kier molecular flexibility index (Phi) is 4.18. The smallest absolute Gasteiger partial charge is 0.0931 e. The van der Waals surface area contributed by atoms with Gasteiger partial charge in [0, 0.05) is 18.0 Å². The van der Waals surface area contributed by atoms with Gasteiger partial charge >= 0.3 is 0 Å². The Morgan fingerprint density at radius 2 is 2.26 bits per heavy atom. The molecule has 4 heteroatoms. The van der Waals surface area contributed by atoms with Crippen molar-refractivity contribution in [1.82, 2.24) is 4.90 Å². The van der Waals surface area contributed by atoms with Gasteiger partial charge < -0.3 is 5.73 Å². The van der Waals surface area contributed by atoms with Gasteiger partial charge in [-0.3, -0.25) is 4.90 Å². The summed E-state index contributed by atoms with van der Waals surface area (Å²) in [5.74, 6) is 2.90. The summed E-state index contributed by atoms with van der Waals surface area (Å²) < 4.78 is 0.863. The van der Waals surface area contributed by atoms with E-state index in [4.69, 9.17) is 17.3 Å². The molecule has 0 aromatic carbocycles. The minimum Gasteiger partial charge on any atom is -0.329 e. The zero-order valence-corrected chi connectivity index (χ0v) is 13.1. The van der Waals surface area contributed by atoms with E-state index in [9.17, 15) is 0 Å². The highest BCUT2D eigenvalue weighted by Gasteiger charge is 2.40. The van der Waals surface area contributed by atoms with Crippen LogP contribution in [-0.4, -0.2) is 25.0 Å². The third-order valence-corrected chi connectivity index (χ3v) is 6.42. The maximum absolute atomic E-state index is 6.05. The highest BCUT2D eigenvalue weighted by molar-refractivity contribution is 7.16. The molecule has 1 aromatic rings. The summed E-state index contributed by atoms with van der Waals surface area (Å²) in [5, 5.41) is 0. The first-order valence-electron chi connectivity index (χ1n) is 7.33. The quantitative estimate of drug-likeness (QED) is 0.896. The van der Waals surface area contributed by atoms with Gasteiger partial charge in [-0.25, -0.2) is 0 Å². The molecule has 0 amide bonds.